The van der Waals surface area contributed by atoms with Crippen molar-refractivity contribution in [2.45, 2.75) is 19.5 Å². The number of hydrogen-bond donors (Lipinski definition) is 1. The van der Waals surface area contributed by atoms with Crippen molar-refractivity contribution in [1.82, 2.24) is 4.98 Å². The lowest BCUT2D eigenvalue weighted by Crippen LogP contribution is -2.22. The molecule has 5 heteroatoms. The molecule has 17 heavy (non-hydrogen) atoms. The molecule has 0 radical (unpaired) electrons. The van der Waals surface area contributed by atoms with Crippen LogP contribution >= 0.6 is 0 Å². The quantitative estimate of drug-likeness (QED) is 0.802. The summed E-state index contributed by atoms with van der Waals surface area (Å²) in [5, 5.41) is 0.326. The minimum Gasteiger partial charge on any atom is -0.360 e. The van der Waals surface area contributed by atoms with Gasteiger partial charge in [-0.3, -0.25) is 4.79 Å². The van der Waals surface area contributed by atoms with E-state index in [2.05, 4.69) is 4.98 Å². The number of alkyl halides is 3. The fourth-order valence-electron chi connectivity index (χ4n) is 1.85. The monoisotopic (exact) mass is 241 g/mol. The molecular formula is C12H10F3NO. The lowest BCUT2D eigenvalue weighted by molar-refractivity contribution is -0.0884. The van der Waals surface area contributed by atoms with Gasteiger partial charge in [0.05, 0.1) is 5.56 Å². The van der Waals surface area contributed by atoms with E-state index in [1.807, 2.05) is 13.0 Å². The van der Waals surface area contributed by atoms with Gasteiger partial charge in [-0.2, -0.15) is 13.2 Å². The Hall–Kier alpha value is -1.78. The van der Waals surface area contributed by atoms with Gasteiger partial charge in [0.25, 0.3) is 5.78 Å². The van der Waals surface area contributed by atoms with Crippen molar-refractivity contribution in [3.8, 4) is 0 Å². The predicted octanol–water partition coefficient (Wildman–Crippen LogP) is 3.48. The summed E-state index contributed by atoms with van der Waals surface area (Å²) in [4.78, 5) is 13.9. The topological polar surface area (TPSA) is 32.9 Å². The number of fused-ring (bicyclic) bond motifs is 1. The molecule has 1 heterocycles. The fraction of sp³-hybridized carbons (Fsp3) is 0.250. The molecule has 0 spiro atoms. The number of para-hydroxylation sites is 1. The first-order valence-electron chi connectivity index (χ1n) is 5.15. The minimum atomic E-state index is -4.84. The van der Waals surface area contributed by atoms with Crippen LogP contribution in [0.15, 0.2) is 24.4 Å². The Morgan fingerprint density at radius 3 is 2.65 bits per heavy atom. The number of hydrogen-bond acceptors (Lipinski definition) is 1. The zero-order chi connectivity index (χ0) is 12.6. The predicted molar refractivity (Wildman–Crippen MR) is 58.1 cm³/mol. The SMILES string of the molecule is CCc1cccc2c(C(=O)C(F)(F)F)c[nH]c12. The molecule has 0 saturated carbocycles. The fourth-order valence-corrected chi connectivity index (χ4v) is 1.85. The van der Waals surface area contributed by atoms with Gasteiger partial charge in [-0.25, -0.2) is 0 Å². The number of carbonyl (C=O) groups is 1. The third-order valence-corrected chi connectivity index (χ3v) is 2.68. The first kappa shape index (κ1) is 11.7. The van der Waals surface area contributed by atoms with Crippen LogP contribution < -0.4 is 0 Å². The van der Waals surface area contributed by atoms with E-state index < -0.39 is 12.0 Å². The number of H-pyrrole nitrogens is 1. The molecular weight excluding hydrogens is 231 g/mol. The second-order valence-electron chi connectivity index (χ2n) is 3.72. The number of Topliss-reactive ketones (excluding diaryl/α,β-unsaturated/α-hetero) is 1. The largest absolute Gasteiger partial charge is 0.454 e. The molecule has 0 fully saturated rings. The first-order valence-corrected chi connectivity index (χ1v) is 5.15. The number of aromatic amines is 1. The molecule has 1 aromatic heterocycles. The normalized spacial score (nSPS) is 12.0. The Labute approximate surface area is 95.4 Å². The van der Waals surface area contributed by atoms with Crippen molar-refractivity contribution in [2.24, 2.45) is 0 Å². The molecule has 0 atom stereocenters. The lowest BCUT2D eigenvalue weighted by Gasteiger charge is -2.04. The van der Waals surface area contributed by atoms with E-state index in [9.17, 15) is 18.0 Å². The highest BCUT2D eigenvalue weighted by Gasteiger charge is 2.40. The standard InChI is InChI=1S/C12H10F3NO/c1-2-7-4-3-5-8-9(6-16-10(7)8)11(17)12(13,14)15/h3-6,16H,2H2,1H3. The average Bonchev–Trinajstić information content (AvgIpc) is 2.69. The molecule has 2 aromatic rings. The summed E-state index contributed by atoms with van der Waals surface area (Å²) >= 11 is 0. The summed E-state index contributed by atoms with van der Waals surface area (Å²) in [6.07, 6.45) is -3.02. The Morgan fingerprint density at radius 2 is 2.06 bits per heavy atom. The van der Waals surface area contributed by atoms with Crippen molar-refractivity contribution in [3.05, 3.63) is 35.5 Å². The molecule has 90 valence electrons. The summed E-state index contributed by atoms with van der Waals surface area (Å²) in [5.74, 6) is -1.81. The zero-order valence-corrected chi connectivity index (χ0v) is 9.06. The maximum Gasteiger partial charge on any atom is 0.454 e. The third kappa shape index (κ3) is 1.92. The number of ketones is 1. The number of benzene rings is 1. The van der Waals surface area contributed by atoms with Crippen molar-refractivity contribution in [3.63, 3.8) is 0 Å². The van der Waals surface area contributed by atoms with Gasteiger partial charge in [0.2, 0.25) is 0 Å². The first-order chi connectivity index (χ1) is 7.95. The van der Waals surface area contributed by atoms with Crippen LogP contribution in [0.25, 0.3) is 10.9 Å². The number of halogens is 3. The third-order valence-electron chi connectivity index (χ3n) is 2.68. The highest BCUT2D eigenvalue weighted by molar-refractivity contribution is 6.10. The molecule has 0 aliphatic carbocycles. The number of nitrogens with one attached hydrogen (secondary N) is 1. The molecule has 1 aromatic carbocycles. The molecule has 0 aliphatic rings. The maximum absolute atomic E-state index is 12.4. The average molecular weight is 241 g/mol. The van der Waals surface area contributed by atoms with Crippen LogP contribution in [0.2, 0.25) is 0 Å². The van der Waals surface area contributed by atoms with E-state index in [4.69, 9.17) is 0 Å². The van der Waals surface area contributed by atoms with E-state index in [1.165, 1.54) is 6.07 Å². The van der Waals surface area contributed by atoms with Crippen LogP contribution in [0.5, 0.6) is 0 Å². The van der Waals surface area contributed by atoms with Gasteiger partial charge in [0.1, 0.15) is 0 Å². The molecule has 1 N–H and O–H groups in total. The van der Waals surface area contributed by atoms with Crippen LogP contribution in [0.4, 0.5) is 13.2 Å². The molecule has 2 rings (SSSR count). The Bertz CT molecular complexity index is 569. The van der Waals surface area contributed by atoms with E-state index in [0.717, 1.165) is 11.8 Å². The van der Waals surface area contributed by atoms with Crippen molar-refractivity contribution in [2.75, 3.05) is 0 Å². The second-order valence-corrected chi connectivity index (χ2v) is 3.72. The van der Waals surface area contributed by atoms with E-state index in [0.29, 0.717) is 17.3 Å². The maximum atomic E-state index is 12.4. The van der Waals surface area contributed by atoms with Gasteiger partial charge in [-0.05, 0) is 12.0 Å². The smallest absolute Gasteiger partial charge is 0.360 e. The van der Waals surface area contributed by atoms with Crippen LogP contribution in [0.3, 0.4) is 0 Å². The lowest BCUT2D eigenvalue weighted by atomic mass is 10.0. The minimum absolute atomic E-state index is 0.317. The van der Waals surface area contributed by atoms with Crippen LogP contribution in [0.1, 0.15) is 22.8 Å². The summed E-state index contributed by atoms with van der Waals surface area (Å²) in [6.45, 7) is 1.90. The molecule has 0 saturated heterocycles. The summed E-state index contributed by atoms with van der Waals surface area (Å²) in [6, 6.07) is 4.99. The highest BCUT2D eigenvalue weighted by atomic mass is 19.4. The van der Waals surface area contributed by atoms with Crippen molar-refractivity contribution < 1.29 is 18.0 Å². The molecule has 0 aliphatic heterocycles. The summed E-state index contributed by atoms with van der Waals surface area (Å²) in [7, 11) is 0. The van der Waals surface area contributed by atoms with Gasteiger partial charge >= 0.3 is 6.18 Å². The van der Waals surface area contributed by atoms with Gasteiger partial charge in [-0.1, -0.05) is 25.1 Å². The van der Waals surface area contributed by atoms with Crippen LogP contribution in [-0.2, 0) is 6.42 Å². The van der Waals surface area contributed by atoms with Crippen LogP contribution in [-0.4, -0.2) is 16.9 Å². The van der Waals surface area contributed by atoms with E-state index >= 15 is 0 Å². The number of carbonyl (C=O) groups excluding carboxylic acids is 1. The van der Waals surface area contributed by atoms with Gasteiger partial charge in [0.15, 0.2) is 0 Å². The van der Waals surface area contributed by atoms with Gasteiger partial charge in [0, 0.05) is 17.1 Å². The Kier molecular flexibility index (Phi) is 2.69. The Balaban J connectivity index is 2.62. The van der Waals surface area contributed by atoms with Gasteiger partial charge in [-0.15, -0.1) is 0 Å². The zero-order valence-electron chi connectivity index (χ0n) is 9.06. The molecule has 0 amide bonds. The molecule has 2 nitrogen and oxygen atoms in total. The van der Waals surface area contributed by atoms with Gasteiger partial charge < -0.3 is 4.98 Å². The van der Waals surface area contributed by atoms with E-state index in [1.54, 1.807) is 6.07 Å². The summed E-state index contributed by atoms with van der Waals surface area (Å²) < 4.78 is 37.1. The summed E-state index contributed by atoms with van der Waals surface area (Å²) in [5.41, 5.74) is 1.18. The van der Waals surface area contributed by atoms with Crippen LogP contribution in [0, 0.1) is 0 Å². The number of rotatable bonds is 2. The number of aryl methyl sites for hydroxylation is 1. The Morgan fingerprint density at radius 1 is 1.35 bits per heavy atom. The number of aromatic nitrogens is 1. The van der Waals surface area contributed by atoms with Crippen molar-refractivity contribution in [1.29, 1.82) is 0 Å². The second kappa shape index (κ2) is 3.91. The highest BCUT2D eigenvalue weighted by Crippen LogP contribution is 2.28. The molecule has 0 unspecified atom stereocenters. The van der Waals surface area contributed by atoms with Crippen molar-refractivity contribution >= 4 is 16.7 Å². The van der Waals surface area contributed by atoms with E-state index in [-0.39, 0.29) is 5.56 Å². The molecule has 0 bridgehead atoms.